The number of amides is 1. The second kappa shape index (κ2) is 10.9. The molecule has 38 heavy (non-hydrogen) atoms. The Hall–Kier alpha value is -3.77. The van der Waals surface area contributed by atoms with Gasteiger partial charge in [-0.05, 0) is 59.4 Å². The molecule has 1 amide bonds. The van der Waals surface area contributed by atoms with E-state index >= 15 is 0 Å². The first kappa shape index (κ1) is 27.3. The van der Waals surface area contributed by atoms with E-state index in [1.807, 2.05) is 55.5 Å². The highest BCUT2D eigenvalue weighted by atomic mass is 35.5. The molecule has 0 bridgehead atoms. The zero-order valence-electron chi connectivity index (χ0n) is 22.2. The molecule has 1 fully saturated rings. The number of hydrogen-bond acceptors (Lipinski definition) is 5. The Bertz CT molecular complexity index is 1390. The molecule has 3 aromatic rings. The van der Waals surface area contributed by atoms with Gasteiger partial charge in [0.25, 0.3) is 11.7 Å². The third kappa shape index (κ3) is 5.41. The van der Waals surface area contributed by atoms with Gasteiger partial charge in [-0.2, -0.15) is 0 Å². The van der Waals surface area contributed by atoms with Crippen molar-refractivity contribution in [2.75, 3.05) is 13.7 Å². The van der Waals surface area contributed by atoms with Crippen LogP contribution in [0.4, 0.5) is 0 Å². The van der Waals surface area contributed by atoms with Gasteiger partial charge in [0.15, 0.2) is 0 Å². The molecule has 0 aliphatic carbocycles. The minimum absolute atomic E-state index is 0.0139. The summed E-state index contributed by atoms with van der Waals surface area (Å²) in [6.07, 6.45) is 0. The first-order valence-electron chi connectivity index (χ1n) is 12.5. The van der Waals surface area contributed by atoms with E-state index in [1.165, 1.54) is 18.1 Å². The molecule has 1 aliphatic rings. The number of ether oxygens (including phenoxy) is 2. The highest BCUT2D eigenvalue weighted by Crippen LogP contribution is 2.42. The molecule has 0 radical (unpaired) electrons. The molecule has 4 rings (SSSR count). The predicted octanol–water partition coefficient (Wildman–Crippen LogP) is 6.67. The Labute approximate surface area is 228 Å². The molecule has 3 aromatic carbocycles. The molecule has 198 valence electrons. The average molecular weight is 534 g/mol. The molecule has 6 nitrogen and oxygen atoms in total. The molecule has 1 saturated heterocycles. The molecule has 7 heteroatoms. The predicted molar refractivity (Wildman–Crippen MR) is 149 cm³/mol. The van der Waals surface area contributed by atoms with E-state index in [9.17, 15) is 14.7 Å². The summed E-state index contributed by atoms with van der Waals surface area (Å²) in [5.41, 5.74) is 2.77. The molecular weight excluding hydrogens is 502 g/mol. The van der Waals surface area contributed by atoms with Crippen LogP contribution in [0.15, 0.2) is 72.3 Å². The summed E-state index contributed by atoms with van der Waals surface area (Å²) < 4.78 is 11.0. The summed E-state index contributed by atoms with van der Waals surface area (Å²) in [6.45, 7) is 8.91. The van der Waals surface area contributed by atoms with E-state index in [4.69, 9.17) is 21.1 Å². The van der Waals surface area contributed by atoms with Crippen LogP contribution in [0.3, 0.4) is 0 Å². The molecule has 1 aliphatic heterocycles. The zero-order valence-corrected chi connectivity index (χ0v) is 23.0. The molecule has 0 spiro atoms. The number of benzene rings is 3. The van der Waals surface area contributed by atoms with Gasteiger partial charge in [0, 0.05) is 11.6 Å². The van der Waals surface area contributed by atoms with Gasteiger partial charge < -0.3 is 19.5 Å². The first-order valence-corrected chi connectivity index (χ1v) is 12.9. The van der Waals surface area contributed by atoms with Crippen LogP contribution < -0.4 is 9.47 Å². The molecule has 1 N–H and O–H groups in total. The fraction of sp³-hybridized carbons (Fsp3) is 0.290. The normalized spacial score (nSPS) is 17.1. The van der Waals surface area contributed by atoms with Crippen LogP contribution in [0.5, 0.6) is 11.5 Å². The van der Waals surface area contributed by atoms with Crippen molar-refractivity contribution in [2.24, 2.45) is 0 Å². The van der Waals surface area contributed by atoms with E-state index in [2.05, 4.69) is 20.8 Å². The van der Waals surface area contributed by atoms with E-state index in [0.29, 0.717) is 28.7 Å². The number of likely N-dealkylation sites (tertiary alicyclic amines) is 1. The lowest BCUT2D eigenvalue weighted by Gasteiger charge is -2.27. The van der Waals surface area contributed by atoms with Gasteiger partial charge in [0.2, 0.25) is 0 Å². The summed E-state index contributed by atoms with van der Waals surface area (Å²) in [7, 11) is 1.46. The van der Waals surface area contributed by atoms with Crippen LogP contribution in [0, 0.1) is 0 Å². The number of aliphatic hydroxyl groups is 1. The maximum Gasteiger partial charge on any atom is 0.295 e. The Morgan fingerprint density at radius 2 is 1.74 bits per heavy atom. The Balaban J connectivity index is 1.88. The SMILES string of the molecule is CCOc1cccc(CN2C(=O)C(=O)/C(=C(/O)c3cc(Cl)ccc3OC)C2c2ccc(C(C)(C)C)cc2)c1. The molecule has 1 unspecified atom stereocenters. The van der Waals surface area contributed by atoms with Crippen molar-refractivity contribution < 1.29 is 24.2 Å². The number of halogens is 1. The van der Waals surface area contributed by atoms with E-state index in [-0.39, 0.29) is 28.9 Å². The van der Waals surface area contributed by atoms with Gasteiger partial charge in [-0.3, -0.25) is 9.59 Å². The lowest BCUT2D eigenvalue weighted by Crippen LogP contribution is -2.29. The van der Waals surface area contributed by atoms with Gasteiger partial charge in [-0.25, -0.2) is 0 Å². The summed E-state index contributed by atoms with van der Waals surface area (Å²) in [6, 6.07) is 19.2. The largest absolute Gasteiger partial charge is 0.507 e. The third-order valence-corrected chi connectivity index (χ3v) is 6.85. The van der Waals surface area contributed by atoms with E-state index in [1.54, 1.807) is 12.1 Å². The first-order chi connectivity index (χ1) is 18.0. The average Bonchev–Trinajstić information content (AvgIpc) is 3.13. The highest BCUT2D eigenvalue weighted by molar-refractivity contribution is 6.46. The van der Waals surface area contributed by atoms with Crippen molar-refractivity contribution >= 4 is 29.1 Å². The number of ketones is 1. The lowest BCUT2D eigenvalue weighted by atomic mass is 9.85. The Kier molecular flexibility index (Phi) is 7.83. The highest BCUT2D eigenvalue weighted by Gasteiger charge is 2.46. The minimum atomic E-state index is -0.816. The van der Waals surface area contributed by atoms with Crippen LogP contribution in [0.25, 0.3) is 5.76 Å². The summed E-state index contributed by atoms with van der Waals surface area (Å²) in [5, 5.41) is 11.8. The van der Waals surface area contributed by atoms with Gasteiger partial charge in [-0.15, -0.1) is 0 Å². The van der Waals surface area contributed by atoms with Crippen LogP contribution in [-0.4, -0.2) is 35.4 Å². The third-order valence-electron chi connectivity index (χ3n) is 6.61. The second-order valence-corrected chi connectivity index (χ2v) is 10.7. The van der Waals surface area contributed by atoms with Crippen molar-refractivity contribution in [3.63, 3.8) is 0 Å². The van der Waals surface area contributed by atoms with Crippen LogP contribution in [0.1, 0.15) is 56.0 Å². The van der Waals surface area contributed by atoms with E-state index < -0.39 is 17.7 Å². The number of rotatable bonds is 7. The number of aliphatic hydroxyl groups excluding tert-OH is 1. The van der Waals surface area contributed by atoms with Gasteiger partial charge in [-0.1, -0.05) is 68.8 Å². The van der Waals surface area contributed by atoms with Crippen LogP contribution >= 0.6 is 11.6 Å². The molecule has 0 aromatic heterocycles. The quantitative estimate of drug-likeness (QED) is 0.208. The van der Waals surface area contributed by atoms with Gasteiger partial charge >= 0.3 is 0 Å². The smallest absolute Gasteiger partial charge is 0.295 e. The van der Waals surface area contributed by atoms with Crippen molar-refractivity contribution in [3.8, 4) is 11.5 Å². The number of hydrogen-bond donors (Lipinski definition) is 1. The van der Waals surface area contributed by atoms with Crippen LogP contribution in [-0.2, 0) is 21.5 Å². The maximum absolute atomic E-state index is 13.5. The summed E-state index contributed by atoms with van der Waals surface area (Å²) >= 11 is 6.22. The van der Waals surface area contributed by atoms with Gasteiger partial charge in [0.05, 0.1) is 30.9 Å². The minimum Gasteiger partial charge on any atom is -0.507 e. The standard InChI is InChI=1S/C31H32ClNO5/c1-6-38-23-9-7-8-19(16-23)18-33-27(20-10-12-21(13-11-20)31(2,3)4)26(29(35)30(33)36)28(34)24-17-22(32)14-15-25(24)37-5/h7-17,27,34H,6,18H2,1-5H3/b28-26+. The van der Waals surface area contributed by atoms with Gasteiger partial charge in [0.1, 0.15) is 17.3 Å². The summed E-state index contributed by atoms with van der Waals surface area (Å²) in [4.78, 5) is 28.4. The molecule has 0 saturated carbocycles. The number of Topliss-reactive ketones (excluding diaryl/α,β-unsaturated/α-hetero) is 1. The second-order valence-electron chi connectivity index (χ2n) is 10.2. The van der Waals surface area contributed by atoms with E-state index in [0.717, 1.165) is 11.1 Å². The maximum atomic E-state index is 13.5. The Morgan fingerprint density at radius 1 is 1.03 bits per heavy atom. The van der Waals surface area contributed by atoms with Crippen LogP contribution in [0.2, 0.25) is 5.02 Å². The lowest BCUT2D eigenvalue weighted by molar-refractivity contribution is -0.140. The number of carbonyl (C=O) groups excluding carboxylic acids is 2. The fourth-order valence-electron chi connectivity index (χ4n) is 4.66. The van der Waals surface area contributed by atoms with Crippen molar-refractivity contribution in [2.45, 2.75) is 45.7 Å². The topological polar surface area (TPSA) is 76.1 Å². The monoisotopic (exact) mass is 533 g/mol. The van der Waals surface area contributed by atoms with Crippen molar-refractivity contribution in [1.82, 2.24) is 4.90 Å². The molecular formula is C31H32ClNO5. The van der Waals surface area contributed by atoms with Crippen molar-refractivity contribution in [1.29, 1.82) is 0 Å². The molecule has 1 heterocycles. The van der Waals surface area contributed by atoms with Crippen molar-refractivity contribution in [3.05, 3.63) is 99.6 Å². The Morgan fingerprint density at radius 3 is 2.37 bits per heavy atom. The number of nitrogens with zero attached hydrogens (tertiary/aromatic N) is 1. The number of methoxy groups -OCH3 is 1. The number of carbonyl (C=O) groups is 2. The fourth-order valence-corrected chi connectivity index (χ4v) is 4.83. The zero-order chi connectivity index (χ0) is 27.6. The summed E-state index contributed by atoms with van der Waals surface area (Å²) in [5.74, 6) is -0.784. The molecule has 1 atom stereocenters.